The van der Waals surface area contributed by atoms with Crippen LogP contribution in [-0.2, 0) is 4.79 Å². The highest BCUT2D eigenvalue weighted by Gasteiger charge is 2.29. The number of rotatable bonds is 1. The van der Waals surface area contributed by atoms with Gasteiger partial charge in [0.15, 0.2) is 0 Å². The van der Waals surface area contributed by atoms with Crippen LogP contribution in [0.5, 0.6) is 0 Å². The number of likely N-dealkylation sites (tertiary alicyclic amines) is 1. The number of amides is 1. The van der Waals surface area contributed by atoms with Gasteiger partial charge in [-0.15, -0.1) is 0 Å². The van der Waals surface area contributed by atoms with E-state index in [4.69, 9.17) is 0 Å². The van der Waals surface area contributed by atoms with E-state index in [0.717, 1.165) is 25.9 Å². The molecule has 0 radical (unpaired) electrons. The van der Waals surface area contributed by atoms with Crippen LogP contribution >= 0.6 is 0 Å². The van der Waals surface area contributed by atoms with E-state index in [0.29, 0.717) is 6.04 Å². The van der Waals surface area contributed by atoms with Crippen molar-refractivity contribution in [3.8, 4) is 0 Å². The molecule has 0 aliphatic carbocycles. The van der Waals surface area contributed by atoms with Crippen molar-refractivity contribution in [3.05, 3.63) is 0 Å². The third-order valence-electron chi connectivity index (χ3n) is 2.83. The molecule has 1 aliphatic rings. The van der Waals surface area contributed by atoms with Crippen LogP contribution in [0.3, 0.4) is 0 Å². The van der Waals surface area contributed by atoms with E-state index in [-0.39, 0.29) is 11.3 Å². The van der Waals surface area contributed by atoms with E-state index < -0.39 is 0 Å². The molecule has 0 atom stereocenters. The molecule has 0 aromatic carbocycles. The van der Waals surface area contributed by atoms with Gasteiger partial charge in [0.2, 0.25) is 5.91 Å². The van der Waals surface area contributed by atoms with Crippen molar-refractivity contribution in [2.45, 2.75) is 39.7 Å². The van der Waals surface area contributed by atoms with Gasteiger partial charge in [0, 0.05) is 24.5 Å². The molecule has 1 amide bonds. The van der Waals surface area contributed by atoms with Crippen molar-refractivity contribution in [1.82, 2.24) is 10.2 Å². The van der Waals surface area contributed by atoms with Gasteiger partial charge >= 0.3 is 0 Å². The Balaban J connectivity index is 2.46. The normalized spacial score (nSPS) is 19.9. The Kier molecular flexibility index (Phi) is 3.53. The van der Waals surface area contributed by atoms with Crippen LogP contribution in [0.25, 0.3) is 0 Å². The molecule has 0 saturated carbocycles. The van der Waals surface area contributed by atoms with Gasteiger partial charge in [-0.3, -0.25) is 4.79 Å². The zero-order valence-corrected chi connectivity index (χ0v) is 9.76. The second-order valence-corrected chi connectivity index (χ2v) is 5.11. The molecule has 1 N–H and O–H groups in total. The molecule has 0 unspecified atom stereocenters. The molecule has 1 aliphatic heterocycles. The van der Waals surface area contributed by atoms with E-state index in [1.54, 1.807) is 0 Å². The first-order valence-corrected chi connectivity index (χ1v) is 5.42. The van der Waals surface area contributed by atoms with Gasteiger partial charge in [0.1, 0.15) is 0 Å². The summed E-state index contributed by atoms with van der Waals surface area (Å²) in [7, 11) is 1.99. The highest BCUT2D eigenvalue weighted by molar-refractivity contribution is 5.81. The van der Waals surface area contributed by atoms with E-state index in [1.807, 2.05) is 32.7 Å². The zero-order valence-electron chi connectivity index (χ0n) is 9.76. The Morgan fingerprint density at radius 2 is 1.79 bits per heavy atom. The summed E-state index contributed by atoms with van der Waals surface area (Å²) in [6, 6.07) is 0.596. The molecule has 0 aromatic rings. The SMILES string of the molecule is CNC1CCN(C(=O)C(C)(C)C)CC1. The van der Waals surface area contributed by atoms with Crippen LogP contribution in [-0.4, -0.2) is 37.0 Å². The van der Waals surface area contributed by atoms with Crippen molar-refractivity contribution >= 4 is 5.91 Å². The number of nitrogens with zero attached hydrogens (tertiary/aromatic N) is 1. The minimum atomic E-state index is -0.230. The third-order valence-corrected chi connectivity index (χ3v) is 2.83. The fourth-order valence-electron chi connectivity index (χ4n) is 1.85. The molecule has 0 bridgehead atoms. The maximum atomic E-state index is 11.9. The first-order valence-electron chi connectivity index (χ1n) is 5.42. The molecule has 1 heterocycles. The summed E-state index contributed by atoms with van der Waals surface area (Å²) in [5.41, 5.74) is -0.230. The summed E-state index contributed by atoms with van der Waals surface area (Å²) in [5.74, 6) is 0.284. The lowest BCUT2D eigenvalue weighted by Crippen LogP contribution is -2.47. The van der Waals surface area contributed by atoms with Crippen LogP contribution in [0, 0.1) is 5.41 Å². The zero-order chi connectivity index (χ0) is 10.8. The van der Waals surface area contributed by atoms with Crippen molar-refractivity contribution < 1.29 is 4.79 Å². The van der Waals surface area contributed by atoms with Gasteiger partial charge < -0.3 is 10.2 Å². The van der Waals surface area contributed by atoms with Gasteiger partial charge in [-0.1, -0.05) is 20.8 Å². The molecule has 1 saturated heterocycles. The lowest BCUT2D eigenvalue weighted by molar-refractivity contribution is -0.140. The van der Waals surface area contributed by atoms with E-state index in [1.165, 1.54) is 0 Å². The molecular formula is C11H22N2O. The molecular weight excluding hydrogens is 176 g/mol. The van der Waals surface area contributed by atoms with E-state index >= 15 is 0 Å². The summed E-state index contributed by atoms with van der Waals surface area (Å²) in [4.78, 5) is 13.9. The fraction of sp³-hybridized carbons (Fsp3) is 0.909. The quantitative estimate of drug-likeness (QED) is 0.687. The maximum Gasteiger partial charge on any atom is 0.227 e. The lowest BCUT2D eigenvalue weighted by Gasteiger charge is -2.35. The second-order valence-electron chi connectivity index (χ2n) is 5.11. The van der Waals surface area contributed by atoms with Crippen molar-refractivity contribution in [2.24, 2.45) is 5.41 Å². The molecule has 3 nitrogen and oxygen atoms in total. The maximum absolute atomic E-state index is 11.9. The Morgan fingerprint density at radius 1 is 1.29 bits per heavy atom. The van der Waals surface area contributed by atoms with Crippen molar-refractivity contribution in [1.29, 1.82) is 0 Å². The first kappa shape index (κ1) is 11.5. The number of hydrogen-bond acceptors (Lipinski definition) is 2. The van der Waals surface area contributed by atoms with Gasteiger partial charge in [0.25, 0.3) is 0 Å². The van der Waals surface area contributed by atoms with Gasteiger partial charge in [-0.05, 0) is 19.9 Å². The first-order chi connectivity index (χ1) is 6.45. The smallest absolute Gasteiger partial charge is 0.227 e. The average molecular weight is 198 g/mol. The second kappa shape index (κ2) is 4.30. The minimum Gasteiger partial charge on any atom is -0.342 e. The number of carbonyl (C=O) groups is 1. The Morgan fingerprint density at radius 3 is 2.14 bits per heavy atom. The molecule has 0 spiro atoms. The molecule has 0 aromatic heterocycles. The molecule has 14 heavy (non-hydrogen) atoms. The summed E-state index contributed by atoms with van der Waals surface area (Å²) < 4.78 is 0. The third kappa shape index (κ3) is 2.71. The van der Waals surface area contributed by atoms with Crippen LogP contribution in [0.1, 0.15) is 33.6 Å². The highest BCUT2D eigenvalue weighted by atomic mass is 16.2. The van der Waals surface area contributed by atoms with Gasteiger partial charge in [0.05, 0.1) is 0 Å². The topological polar surface area (TPSA) is 32.3 Å². The van der Waals surface area contributed by atoms with Crippen molar-refractivity contribution in [2.75, 3.05) is 20.1 Å². The van der Waals surface area contributed by atoms with Crippen LogP contribution in [0.15, 0.2) is 0 Å². The molecule has 1 rings (SSSR count). The van der Waals surface area contributed by atoms with Crippen LogP contribution < -0.4 is 5.32 Å². The van der Waals surface area contributed by atoms with Crippen molar-refractivity contribution in [3.63, 3.8) is 0 Å². The number of piperidine rings is 1. The summed E-state index contributed by atoms with van der Waals surface area (Å²) in [5, 5.41) is 3.26. The average Bonchev–Trinajstić information content (AvgIpc) is 2.15. The number of carbonyl (C=O) groups excluding carboxylic acids is 1. The monoisotopic (exact) mass is 198 g/mol. The minimum absolute atomic E-state index is 0.230. The Hall–Kier alpha value is -0.570. The van der Waals surface area contributed by atoms with E-state index in [9.17, 15) is 4.79 Å². The summed E-state index contributed by atoms with van der Waals surface area (Å²) in [6.07, 6.45) is 2.16. The molecule has 1 fully saturated rings. The molecule has 82 valence electrons. The fourth-order valence-corrected chi connectivity index (χ4v) is 1.85. The van der Waals surface area contributed by atoms with Gasteiger partial charge in [-0.25, -0.2) is 0 Å². The summed E-state index contributed by atoms with van der Waals surface area (Å²) >= 11 is 0. The Labute approximate surface area is 86.9 Å². The van der Waals surface area contributed by atoms with Gasteiger partial charge in [-0.2, -0.15) is 0 Å². The van der Waals surface area contributed by atoms with Crippen LogP contribution in [0.2, 0.25) is 0 Å². The van der Waals surface area contributed by atoms with E-state index in [2.05, 4.69) is 5.32 Å². The molecule has 3 heteroatoms. The standard InChI is InChI=1S/C11H22N2O/c1-11(2,3)10(14)13-7-5-9(12-4)6-8-13/h9,12H,5-8H2,1-4H3. The Bertz CT molecular complexity index is 200. The lowest BCUT2D eigenvalue weighted by atomic mass is 9.93. The predicted molar refractivity (Wildman–Crippen MR) is 58.1 cm³/mol. The highest BCUT2D eigenvalue weighted by Crippen LogP contribution is 2.20. The number of hydrogen-bond donors (Lipinski definition) is 1. The predicted octanol–water partition coefficient (Wildman–Crippen LogP) is 1.24. The van der Waals surface area contributed by atoms with Crippen LogP contribution in [0.4, 0.5) is 0 Å². The largest absolute Gasteiger partial charge is 0.342 e. The summed E-state index contributed by atoms with van der Waals surface area (Å²) in [6.45, 7) is 7.77. The number of nitrogens with one attached hydrogen (secondary N) is 1.